The molecule has 0 spiro atoms. The summed E-state index contributed by atoms with van der Waals surface area (Å²) < 4.78 is 27.4. The SMILES string of the molecule is O=C(CCCN1CCN(Cc2ccc(NS(=O)(=O)Cc3ccccc3)cc2)CC1)NO. The number of sulfonamides is 1. The number of benzene rings is 2. The van der Waals surface area contributed by atoms with E-state index < -0.39 is 10.0 Å². The summed E-state index contributed by atoms with van der Waals surface area (Å²) in [4.78, 5) is 15.8. The molecule has 3 rings (SSSR count). The molecule has 1 aliphatic rings. The van der Waals surface area contributed by atoms with E-state index >= 15 is 0 Å². The van der Waals surface area contributed by atoms with Gasteiger partial charge in [-0.2, -0.15) is 0 Å². The Morgan fingerprint density at radius 2 is 1.55 bits per heavy atom. The van der Waals surface area contributed by atoms with Crippen LogP contribution in [0.15, 0.2) is 54.6 Å². The summed E-state index contributed by atoms with van der Waals surface area (Å²) in [6.45, 7) is 5.43. The molecule has 1 heterocycles. The van der Waals surface area contributed by atoms with Crippen LogP contribution >= 0.6 is 0 Å². The Morgan fingerprint density at radius 3 is 2.19 bits per heavy atom. The normalized spacial score (nSPS) is 15.5. The van der Waals surface area contributed by atoms with Crippen LogP contribution in [0.3, 0.4) is 0 Å². The van der Waals surface area contributed by atoms with Crippen LogP contribution < -0.4 is 10.2 Å². The topological polar surface area (TPSA) is 102 Å². The number of carbonyl (C=O) groups excluding carboxylic acids is 1. The van der Waals surface area contributed by atoms with E-state index in [0.29, 0.717) is 12.1 Å². The molecule has 1 fully saturated rings. The van der Waals surface area contributed by atoms with Gasteiger partial charge in [-0.3, -0.25) is 19.6 Å². The molecule has 168 valence electrons. The zero-order valence-electron chi connectivity index (χ0n) is 17.5. The lowest BCUT2D eigenvalue weighted by atomic mass is 10.2. The first-order valence-electron chi connectivity index (χ1n) is 10.4. The van der Waals surface area contributed by atoms with Crippen LogP contribution in [0.25, 0.3) is 0 Å². The summed E-state index contributed by atoms with van der Waals surface area (Å²) in [5, 5.41) is 8.53. The van der Waals surface area contributed by atoms with E-state index in [9.17, 15) is 13.2 Å². The molecule has 0 radical (unpaired) electrons. The fourth-order valence-corrected chi connectivity index (χ4v) is 4.83. The quantitative estimate of drug-likeness (QED) is 0.381. The van der Waals surface area contributed by atoms with Crippen molar-refractivity contribution in [3.05, 3.63) is 65.7 Å². The average molecular weight is 447 g/mol. The number of hydrogen-bond donors (Lipinski definition) is 3. The van der Waals surface area contributed by atoms with Crippen molar-refractivity contribution in [2.24, 2.45) is 0 Å². The third-order valence-corrected chi connectivity index (χ3v) is 6.56. The largest absolute Gasteiger partial charge is 0.301 e. The fraction of sp³-hybridized carbons (Fsp3) is 0.409. The lowest BCUT2D eigenvalue weighted by Crippen LogP contribution is -2.46. The van der Waals surface area contributed by atoms with Crippen LogP contribution in [-0.4, -0.2) is 62.1 Å². The molecule has 0 unspecified atom stereocenters. The Labute approximate surface area is 183 Å². The number of hydrogen-bond acceptors (Lipinski definition) is 6. The van der Waals surface area contributed by atoms with Crippen molar-refractivity contribution in [1.29, 1.82) is 0 Å². The van der Waals surface area contributed by atoms with Crippen molar-refractivity contribution in [1.82, 2.24) is 15.3 Å². The molecule has 2 aromatic rings. The van der Waals surface area contributed by atoms with Gasteiger partial charge in [0, 0.05) is 44.8 Å². The molecule has 0 bridgehead atoms. The van der Waals surface area contributed by atoms with Crippen LogP contribution in [-0.2, 0) is 27.1 Å². The molecule has 0 saturated carbocycles. The van der Waals surface area contributed by atoms with Gasteiger partial charge in [0.05, 0.1) is 5.75 Å². The zero-order chi connectivity index (χ0) is 22.1. The first-order valence-corrected chi connectivity index (χ1v) is 12.1. The van der Waals surface area contributed by atoms with E-state index in [4.69, 9.17) is 5.21 Å². The first-order chi connectivity index (χ1) is 14.9. The number of piperazine rings is 1. The van der Waals surface area contributed by atoms with Crippen molar-refractivity contribution < 1.29 is 18.4 Å². The molecule has 9 heteroatoms. The van der Waals surface area contributed by atoms with Gasteiger partial charge >= 0.3 is 0 Å². The number of carbonyl (C=O) groups is 1. The van der Waals surface area contributed by atoms with Gasteiger partial charge in [0.15, 0.2) is 0 Å². The molecule has 1 saturated heterocycles. The number of rotatable bonds is 10. The number of hydroxylamine groups is 1. The van der Waals surface area contributed by atoms with Crippen molar-refractivity contribution in [3.8, 4) is 0 Å². The molecule has 8 nitrogen and oxygen atoms in total. The summed E-state index contributed by atoms with van der Waals surface area (Å²) in [5.74, 6) is -0.394. The van der Waals surface area contributed by atoms with E-state index in [2.05, 4.69) is 14.5 Å². The molecule has 1 aliphatic heterocycles. The minimum Gasteiger partial charge on any atom is -0.301 e. The van der Waals surface area contributed by atoms with Crippen LogP contribution in [0.4, 0.5) is 5.69 Å². The van der Waals surface area contributed by atoms with Gasteiger partial charge in [0.2, 0.25) is 15.9 Å². The molecule has 0 aromatic heterocycles. The highest BCUT2D eigenvalue weighted by Crippen LogP contribution is 2.16. The van der Waals surface area contributed by atoms with Crippen LogP contribution in [0, 0.1) is 0 Å². The number of nitrogens with zero attached hydrogens (tertiary/aromatic N) is 2. The van der Waals surface area contributed by atoms with Gasteiger partial charge in [-0.25, -0.2) is 13.9 Å². The van der Waals surface area contributed by atoms with E-state index in [1.54, 1.807) is 29.7 Å². The van der Waals surface area contributed by atoms with Gasteiger partial charge in [-0.05, 0) is 36.2 Å². The second-order valence-electron chi connectivity index (χ2n) is 7.80. The second kappa shape index (κ2) is 11.2. The summed E-state index contributed by atoms with van der Waals surface area (Å²) in [7, 11) is -3.45. The van der Waals surface area contributed by atoms with E-state index in [0.717, 1.165) is 56.8 Å². The first kappa shape index (κ1) is 23.2. The molecule has 31 heavy (non-hydrogen) atoms. The van der Waals surface area contributed by atoms with E-state index in [1.807, 2.05) is 30.3 Å². The average Bonchev–Trinajstić information content (AvgIpc) is 2.76. The van der Waals surface area contributed by atoms with Crippen LogP contribution in [0.2, 0.25) is 0 Å². The minimum atomic E-state index is -3.45. The van der Waals surface area contributed by atoms with Gasteiger partial charge in [0.25, 0.3) is 0 Å². The van der Waals surface area contributed by atoms with Gasteiger partial charge in [-0.15, -0.1) is 0 Å². The third-order valence-electron chi connectivity index (χ3n) is 5.30. The second-order valence-corrected chi connectivity index (χ2v) is 9.52. The summed E-state index contributed by atoms with van der Waals surface area (Å²) in [6, 6.07) is 16.6. The van der Waals surface area contributed by atoms with Gasteiger partial charge < -0.3 is 4.90 Å². The minimum absolute atomic E-state index is 0.0510. The Bertz CT molecular complexity index is 928. The Balaban J connectivity index is 1.42. The summed E-state index contributed by atoms with van der Waals surface area (Å²) in [6.07, 6.45) is 1.06. The molecule has 1 amide bonds. The standard InChI is InChI=1S/C22H30N4O4S/c27-22(23-28)7-4-12-25-13-15-26(16-14-25)17-19-8-10-21(11-9-19)24-31(29,30)18-20-5-2-1-3-6-20/h1-3,5-6,8-11,24,28H,4,7,12-18H2,(H,23,27). The number of nitrogens with one attached hydrogen (secondary N) is 2. The molecular weight excluding hydrogens is 416 g/mol. The molecule has 0 aliphatic carbocycles. The van der Waals surface area contributed by atoms with E-state index in [-0.39, 0.29) is 11.7 Å². The maximum atomic E-state index is 12.4. The number of anilines is 1. The van der Waals surface area contributed by atoms with Crippen LogP contribution in [0.1, 0.15) is 24.0 Å². The Hall–Kier alpha value is -2.46. The predicted octanol–water partition coefficient (Wildman–Crippen LogP) is 2.03. The highest BCUT2D eigenvalue weighted by Gasteiger charge is 2.17. The maximum absolute atomic E-state index is 12.4. The molecule has 2 aromatic carbocycles. The monoisotopic (exact) mass is 446 g/mol. The summed E-state index contributed by atoms with van der Waals surface area (Å²) >= 11 is 0. The van der Waals surface area contributed by atoms with Gasteiger partial charge in [-0.1, -0.05) is 42.5 Å². The third kappa shape index (κ3) is 7.95. The van der Waals surface area contributed by atoms with Crippen molar-refractivity contribution in [3.63, 3.8) is 0 Å². The highest BCUT2D eigenvalue weighted by atomic mass is 32.2. The Kier molecular flexibility index (Phi) is 8.42. The lowest BCUT2D eigenvalue weighted by molar-refractivity contribution is -0.129. The van der Waals surface area contributed by atoms with Crippen LogP contribution in [0.5, 0.6) is 0 Å². The summed E-state index contributed by atoms with van der Waals surface area (Å²) in [5.41, 5.74) is 4.12. The smallest absolute Gasteiger partial charge is 0.243 e. The predicted molar refractivity (Wildman–Crippen MR) is 120 cm³/mol. The van der Waals surface area contributed by atoms with E-state index in [1.165, 1.54) is 0 Å². The fourth-order valence-electron chi connectivity index (χ4n) is 3.64. The van der Waals surface area contributed by atoms with Crippen molar-refractivity contribution in [2.75, 3.05) is 37.4 Å². The zero-order valence-corrected chi connectivity index (χ0v) is 18.4. The Morgan fingerprint density at radius 1 is 0.903 bits per heavy atom. The highest BCUT2D eigenvalue weighted by molar-refractivity contribution is 7.91. The van der Waals surface area contributed by atoms with Crippen molar-refractivity contribution >= 4 is 21.6 Å². The molecule has 0 atom stereocenters. The van der Waals surface area contributed by atoms with Crippen molar-refractivity contribution in [2.45, 2.75) is 25.1 Å². The molecule has 3 N–H and O–H groups in total. The lowest BCUT2D eigenvalue weighted by Gasteiger charge is -2.34. The maximum Gasteiger partial charge on any atom is 0.243 e. The number of amides is 1. The molecular formula is C22H30N4O4S. The van der Waals surface area contributed by atoms with Gasteiger partial charge in [0.1, 0.15) is 0 Å².